The Morgan fingerprint density at radius 1 is 1.28 bits per heavy atom. The Balaban J connectivity index is 1.69. The minimum atomic E-state index is -0.599. The van der Waals surface area contributed by atoms with E-state index in [2.05, 4.69) is 9.97 Å². The normalized spacial score (nSPS) is 17.2. The third-order valence-electron chi connectivity index (χ3n) is 4.19. The van der Waals surface area contributed by atoms with Gasteiger partial charge in [0, 0.05) is 30.7 Å². The highest BCUT2D eigenvalue weighted by atomic mass is 16.5. The van der Waals surface area contributed by atoms with Gasteiger partial charge in [-0.1, -0.05) is 0 Å². The average molecular weight is 340 g/mol. The molecule has 0 spiro atoms. The van der Waals surface area contributed by atoms with Crippen molar-refractivity contribution in [2.45, 2.75) is 25.9 Å². The first kappa shape index (κ1) is 16.9. The van der Waals surface area contributed by atoms with Crippen molar-refractivity contribution >= 4 is 11.8 Å². The molecule has 3 rings (SSSR count). The fraction of sp³-hybridized carbons (Fsp3) is 0.333. The molecule has 1 aliphatic rings. The predicted octanol–water partition coefficient (Wildman–Crippen LogP) is 1.57. The third-order valence-corrected chi connectivity index (χ3v) is 4.19. The van der Waals surface area contributed by atoms with Crippen LogP contribution in [-0.2, 0) is 0 Å². The first-order chi connectivity index (χ1) is 12.0. The lowest BCUT2D eigenvalue weighted by Crippen LogP contribution is -2.44. The summed E-state index contributed by atoms with van der Waals surface area (Å²) in [5, 5.41) is 0. The van der Waals surface area contributed by atoms with E-state index in [-0.39, 0.29) is 17.7 Å². The van der Waals surface area contributed by atoms with Crippen LogP contribution in [0.5, 0.6) is 5.75 Å². The van der Waals surface area contributed by atoms with Gasteiger partial charge in [0.1, 0.15) is 17.5 Å². The average Bonchev–Trinajstić information content (AvgIpc) is 2.62. The van der Waals surface area contributed by atoms with Crippen LogP contribution in [0.2, 0.25) is 0 Å². The quantitative estimate of drug-likeness (QED) is 0.911. The molecule has 1 atom stereocenters. The van der Waals surface area contributed by atoms with Crippen molar-refractivity contribution in [1.29, 1.82) is 0 Å². The second-order valence-corrected chi connectivity index (χ2v) is 6.01. The summed E-state index contributed by atoms with van der Waals surface area (Å²) in [6, 6.07) is 6.75. The molecular weight excluding hydrogens is 320 g/mol. The zero-order valence-electron chi connectivity index (χ0n) is 14.0. The minimum absolute atomic E-state index is 0.0357. The van der Waals surface area contributed by atoms with Crippen molar-refractivity contribution in [3.63, 3.8) is 0 Å². The Morgan fingerprint density at radius 2 is 2.12 bits per heavy atom. The summed E-state index contributed by atoms with van der Waals surface area (Å²) in [7, 11) is 0. The van der Waals surface area contributed by atoms with E-state index in [1.54, 1.807) is 29.3 Å². The highest BCUT2D eigenvalue weighted by molar-refractivity contribution is 5.95. The molecule has 1 unspecified atom stereocenters. The summed E-state index contributed by atoms with van der Waals surface area (Å²) >= 11 is 0. The molecule has 7 nitrogen and oxygen atoms in total. The van der Waals surface area contributed by atoms with Gasteiger partial charge in [0.2, 0.25) is 0 Å². The van der Waals surface area contributed by atoms with Gasteiger partial charge < -0.3 is 15.4 Å². The summed E-state index contributed by atoms with van der Waals surface area (Å²) in [4.78, 5) is 33.8. The number of primary amides is 1. The zero-order chi connectivity index (χ0) is 17.8. The molecule has 7 heteroatoms. The molecule has 2 aromatic rings. The molecule has 0 bridgehead atoms. The summed E-state index contributed by atoms with van der Waals surface area (Å²) in [5.41, 5.74) is 6.73. The van der Waals surface area contributed by atoms with Crippen LogP contribution in [0.15, 0.2) is 36.7 Å². The number of pyridine rings is 2. The second-order valence-electron chi connectivity index (χ2n) is 6.01. The minimum Gasteiger partial charge on any atom is -0.488 e. The highest BCUT2D eigenvalue weighted by Crippen LogP contribution is 2.20. The predicted molar refractivity (Wildman–Crippen MR) is 91.3 cm³/mol. The summed E-state index contributed by atoms with van der Waals surface area (Å²) < 4.78 is 5.94. The van der Waals surface area contributed by atoms with E-state index in [1.165, 1.54) is 12.3 Å². The van der Waals surface area contributed by atoms with Gasteiger partial charge in [0.05, 0.1) is 12.1 Å². The highest BCUT2D eigenvalue weighted by Gasteiger charge is 2.26. The summed E-state index contributed by atoms with van der Waals surface area (Å²) in [6.07, 6.45) is 4.71. The molecular formula is C18H20N4O3. The number of ether oxygens (including phenoxy) is 1. The maximum absolute atomic E-state index is 12.7. The van der Waals surface area contributed by atoms with Crippen LogP contribution in [0.3, 0.4) is 0 Å². The Kier molecular flexibility index (Phi) is 4.92. The fourth-order valence-corrected chi connectivity index (χ4v) is 2.91. The number of aryl methyl sites for hydroxylation is 1. The third kappa shape index (κ3) is 3.93. The topological polar surface area (TPSA) is 98.4 Å². The number of hydrogen-bond donors (Lipinski definition) is 1. The maximum atomic E-state index is 12.7. The van der Waals surface area contributed by atoms with E-state index in [1.807, 2.05) is 6.92 Å². The second kappa shape index (κ2) is 7.29. The van der Waals surface area contributed by atoms with Crippen molar-refractivity contribution < 1.29 is 14.3 Å². The van der Waals surface area contributed by atoms with E-state index < -0.39 is 5.91 Å². The number of aromatic nitrogens is 2. The number of hydrogen-bond acceptors (Lipinski definition) is 5. The van der Waals surface area contributed by atoms with Crippen LogP contribution in [-0.4, -0.2) is 45.9 Å². The lowest BCUT2D eigenvalue weighted by atomic mass is 10.1. The van der Waals surface area contributed by atoms with E-state index in [0.717, 1.165) is 18.5 Å². The van der Waals surface area contributed by atoms with Crippen molar-refractivity contribution in [3.8, 4) is 5.75 Å². The van der Waals surface area contributed by atoms with E-state index in [9.17, 15) is 9.59 Å². The van der Waals surface area contributed by atoms with Crippen LogP contribution in [0.4, 0.5) is 0 Å². The van der Waals surface area contributed by atoms with Crippen LogP contribution in [0.1, 0.15) is 39.4 Å². The van der Waals surface area contributed by atoms with Crippen molar-refractivity contribution in [2.75, 3.05) is 13.1 Å². The summed E-state index contributed by atoms with van der Waals surface area (Å²) in [6.45, 7) is 3.00. The molecule has 25 heavy (non-hydrogen) atoms. The molecule has 3 heterocycles. The molecule has 1 aliphatic heterocycles. The number of piperidine rings is 1. The number of carbonyl (C=O) groups is 2. The largest absolute Gasteiger partial charge is 0.488 e. The number of likely N-dealkylation sites (tertiary alicyclic amines) is 1. The van der Waals surface area contributed by atoms with Gasteiger partial charge in [-0.25, -0.2) is 0 Å². The van der Waals surface area contributed by atoms with Crippen LogP contribution >= 0.6 is 0 Å². The van der Waals surface area contributed by atoms with Gasteiger partial charge in [-0.05, 0) is 38.0 Å². The molecule has 2 amide bonds. The Labute approximate surface area is 145 Å². The lowest BCUT2D eigenvalue weighted by molar-refractivity contribution is 0.0536. The van der Waals surface area contributed by atoms with Gasteiger partial charge in [0.15, 0.2) is 0 Å². The molecule has 0 aromatic carbocycles. The molecule has 0 aliphatic carbocycles. The number of nitrogens with zero attached hydrogens (tertiary/aromatic N) is 3. The van der Waals surface area contributed by atoms with Crippen molar-refractivity contribution in [2.24, 2.45) is 5.73 Å². The molecule has 2 aromatic heterocycles. The standard InChI is InChI=1S/C18H20N4O3/c1-12-15(5-2-7-20-12)18(24)22-9-3-4-14(11-22)25-13-6-8-21-16(10-13)17(19)23/h2,5-8,10,14H,3-4,9,11H2,1H3,(H2,19,23). The van der Waals surface area contributed by atoms with Crippen LogP contribution < -0.4 is 10.5 Å². The molecule has 0 saturated carbocycles. The monoisotopic (exact) mass is 340 g/mol. The van der Waals surface area contributed by atoms with Crippen LogP contribution in [0, 0.1) is 6.92 Å². The maximum Gasteiger partial charge on any atom is 0.267 e. The van der Waals surface area contributed by atoms with E-state index in [4.69, 9.17) is 10.5 Å². The number of carbonyl (C=O) groups excluding carboxylic acids is 2. The Morgan fingerprint density at radius 3 is 2.88 bits per heavy atom. The molecule has 2 N–H and O–H groups in total. The van der Waals surface area contributed by atoms with Crippen LogP contribution in [0.25, 0.3) is 0 Å². The zero-order valence-corrected chi connectivity index (χ0v) is 14.0. The summed E-state index contributed by atoms with van der Waals surface area (Å²) in [5.74, 6) is -0.106. The smallest absolute Gasteiger partial charge is 0.267 e. The van der Waals surface area contributed by atoms with E-state index in [0.29, 0.717) is 24.4 Å². The molecule has 1 fully saturated rings. The fourth-order valence-electron chi connectivity index (χ4n) is 2.91. The first-order valence-electron chi connectivity index (χ1n) is 8.18. The van der Waals surface area contributed by atoms with Gasteiger partial charge >= 0.3 is 0 Å². The molecule has 1 saturated heterocycles. The number of amides is 2. The van der Waals surface area contributed by atoms with Gasteiger partial charge in [-0.2, -0.15) is 0 Å². The molecule has 130 valence electrons. The lowest BCUT2D eigenvalue weighted by Gasteiger charge is -2.33. The van der Waals surface area contributed by atoms with Gasteiger partial charge in [-0.3, -0.25) is 19.6 Å². The SMILES string of the molecule is Cc1ncccc1C(=O)N1CCCC(Oc2ccnc(C(N)=O)c2)C1. The molecule has 0 radical (unpaired) electrons. The van der Waals surface area contributed by atoms with Gasteiger partial charge in [-0.15, -0.1) is 0 Å². The van der Waals surface area contributed by atoms with E-state index >= 15 is 0 Å². The van der Waals surface area contributed by atoms with Crippen molar-refractivity contribution in [1.82, 2.24) is 14.9 Å². The van der Waals surface area contributed by atoms with Crippen molar-refractivity contribution in [3.05, 3.63) is 53.6 Å². The Hall–Kier alpha value is -2.96. The number of nitrogens with two attached hydrogens (primary N) is 1. The van der Waals surface area contributed by atoms with Gasteiger partial charge in [0.25, 0.3) is 11.8 Å². The first-order valence-corrected chi connectivity index (χ1v) is 8.18. The Bertz CT molecular complexity index is 793. The number of rotatable bonds is 4.